The number of carbonyl (C=O) groups excluding carboxylic acids is 1. The Labute approximate surface area is 207 Å². The summed E-state index contributed by atoms with van der Waals surface area (Å²) in [7, 11) is 0. The molecule has 2 N–H and O–H groups in total. The molecule has 9 heteroatoms. The van der Waals surface area contributed by atoms with Crippen LogP contribution in [0, 0.1) is 0 Å². The number of imidazole rings is 1. The molecule has 2 aromatic rings. The molecule has 0 atom stereocenters. The maximum absolute atomic E-state index is 12.3. The van der Waals surface area contributed by atoms with Crippen molar-refractivity contribution < 1.29 is 48.3 Å². The Morgan fingerprint density at radius 3 is 2.29 bits per heavy atom. The number of anilines is 1. The molecule has 0 aliphatic rings. The molecular weight excluding hydrogens is 533 g/mol. The lowest BCUT2D eigenvalue weighted by Crippen LogP contribution is -3.00. The SMILES string of the molecule is CCn1c(CCC(=O)OC(C)(C)C)[n+](CC)c2cc(N(CCO)CCO)c(Cl)cc21.[I-]. The number of nitrogens with zero attached hydrogens (tertiary/aromatic N) is 3. The summed E-state index contributed by atoms with van der Waals surface area (Å²) in [5.74, 6) is 0.832. The van der Waals surface area contributed by atoms with Crippen LogP contribution in [-0.2, 0) is 29.0 Å². The zero-order chi connectivity index (χ0) is 22.5. The van der Waals surface area contributed by atoms with Crippen LogP contribution in [0.25, 0.3) is 11.0 Å². The summed E-state index contributed by atoms with van der Waals surface area (Å²) in [6, 6.07) is 3.94. The van der Waals surface area contributed by atoms with Crippen molar-refractivity contribution in [3.63, 3.8) is 0 Å². The van der Waals surface area contributed by atoms with E-state index < -0.39 is 5.60 Å². The van der Waals surface area contributed by atoms with Gasteiger partial charge in [-0.25, -0.2) is 9.13 Å². The van der Waals surface area contributed by atoms with Crippen LogP contribution in [-0.4, -0.2) is 52.7 Å². The third kappa shape index (κ3) is 6.94. The lowest BCUT2D eigenvalue weighted by molar-refractivity contribution is -0.676. The third-order valence-electron chi connectivity index (χ3n) is 4.93. The van der Waals surface area contributed by atoms with Crippen molar-refractivity contribution in [1.29, 1.82) is 0 Å². The summed E-state index contributed by atoms with van der Waals surface area (Å²) < 4.78 is 9.85. The summed E-state index contributed by atoms with van der Waals surface area (Å²) in [4.78, 5) is 14.2. The number of hydrogen-bond donors (Lipinski definition) is 2. The fraction of sp³-hybridized carbons (Fsp3) is 0.636. The van der Waals surface area contributed by atoms with Crippen LogP contribution in [0.4, 0.5) is 5.69 Å². The van der Waals surface area contributed by atoms with Gasteiger partial charge in [0.25, 0.3) is 5.82 Å². The average Bonchev–Trinajstić information content (AvgIpc) is 2.95. The van der Waals surface area contributed by atoms with Gasteiger partial charge in [-0.1, -0.05) is 11.6 Å². The molecule has 0 amide bonds. The predicted octanol–water partition coefficient (Wildman–Crippen LogP) is -0.309. The highest BCUT2D eigenvalue weighted by atomic mass is 127. The van der Waals surface area contributed by atoms with Crippen LogP contribution in [0.15, 0.2) is 12.1 Å². The van der Waals surface area contributed by atoms with E-state index in [9.17, 15) is 15.0 Å². The molecule has 0 spiro atoms. The van der Waals surface area contributed by atoms with E-state index >= 15 is 0 Å². The number of esters is 1. The fourth-order valence-electron chi connectivity index (χ4n) is 3.81. The first-order chi connectivity index (χ1) is 14.2. The maximum Gasteiger partial charge on any atom is 0.306 e. The number of aliphatic hydroxyl groups excluding tert-OH is 2. The molecule has 0 fully saturated rings. The first-order valence-electron chi connectivity index (χ1n) is 10.6. The number of rotatable bonds is 10. The molecule has 1 heterocycles. The molecule has 0 unspecified atom stereocenters. The van der Waals surface area contributed by atoms with Gasteiger partial charge in [-0.3, -0.25) is 4.79 Å². The summed E-state index contributed by atoms with van der Waals surface area (Å²) in [6.07, 6.45) is 0.866. The van der Waals surface area contributed by atoms with Gasteiger partial charge in [0.15, 0.2) is 11.0 Å². The average molecular weight is 568 g/mol. The van der Waals surface area contributed by atoms with Crippen molar-refractivity contribution in [2.45, 2.75) is 66.2 Å². The topological polar surface area (TPSA) is 78.8 Å². The minimum Gasteiger partial charge on any atom is -1.00 e. The van der Waals surface area contributed by atoms with Gasteiger partial charge >= 0.3 is 5.97 Å². The van der Waals surface area contributed by atoms with E-state index in [2.05, 4.69) is 23.0 Å². The molecule has 7 nitrogen and oxygen atoms in total. The monoisotopic (exact) mass is 567 g/mol. The van der Waals surface area contributed by atoms with E-state index in [1.807, 2.05) is 37.8 Å². The second-order valence-electron chi connectivity index (χ2n) is 8.22. The van der Waals surface area contributed by atoms with Gasteiger partial charge in [-0.2, -0.15) is 0 Å². The molecule has 176 valence electrons. The number of ether oxygens (including phenoxy) is 1. The predicted molar refractivity (Wildman–Crippen MR) is 119 cm³/mol. The van der Waals surface area contributed by atoms with Gasteiger partial charge in [0.05, 0.1) is 49.9 Å². The van der Waals surface area contributed by atoms with Gasteiger partial charge in [0.2, 0.25) is 0 Å². The van der Waals surface area contributed by atoms with Crippen molar-refractivity contribution >= 4 is 34.3 Å². The van der Waals surface area contributed by atoms with Crippen LogP contribution >= 0.6 is 11.6 Å². The smallest absolute Gasteiger partial charge is 0.306 e. The highest BCUT2D eigenvalue weighted by molar-refractivity contribution is 6.34. The molecule has 1 aromatic heterocycles. The Bertz CT molecular complexity index is 874. The Balaban J connectivity index is 0.00000480. The number of aryl methyl sites for hydroxylation is 2. The third-order valence-corrected chi connectivity index (χ3v) is 5.24. The largest absolute Gasteiger partial charge is 1.00 e. The van der Waals surface area contributed by atoms with Gasteiger partial charge in [0, 0.05) is 25.2 Å². The van der Waals surface area contributed by atoms with E-state index in [0.717, 1.165) is 35.6 Å². The van der Waals surface area contributed by atoms with Gasteiger partial charge in [-0.15, -0.1) is 0 Å². The summed E-state index contributed by atoms with van der Waals surface area (Å²) >= 11 is 6.60. The number of aromatic nitrogens is 2. The number of hydrogen-bond acceptors (Lipinski definition) is 5. The minimum atomic E-state index is -0.499. The van der Waals surface area contributed by atoms with Crippen LogP contribution < -0.4 is 33.4 Å². The van der Waals surface area contributed by atoms with Crippen LogP contribution in [0.2, 0.25) is 5.02 Å². The van der Waals surface area contributed by atoms with Crippen LogP contribution in [0.1, 0.15) is 46.9 Å². The maximum atomic E-state index is 12.3. The Kier molecular flexibility index (Phi) is 11.0. The Morgan fingerprint density at radius 1 is 1.19 bits per heavy atom. The quantitative estimate of drug-likeness (QED) is 0.234. The second-order valence-corrected chi connectivity index (χ2v) is 8.62. The van der Waals surface area contributed by atoms with Crippen LogP contribution in [0.5, 0.6) is 0 Å². The molecule has 1 aromatic carbocycles. The van der Waals surface area contributed by atoms with Crippen molar-refractivity contribution in [1.82, 2.24) is 4.57 Å². The van der Waals surface area contributed by atoms with E-state index in [-0.39, 0.29) is 43.2 Å². The normalized spacial score (nSPS) is 11.5. The Morgan fingerprint density at radius 2 is 1.81 bits per heavy atom. The zero-order valence-corrected chi connectivity index (χ0v) is 22.0. The molecular formula is C22H35ClIN3O4. The molecule has 0 saturated heterocycles. The van der Waals surface area contributed by atoms with E-state index in [1.54, 1.807) is 0 Å². The molecule has 0 bridgehead atoms. The summed E-state index contributed by atoms with van der Waals surface area (Å²) in [5.41, 5.74) is 2.29. The first kappa shape index (κ1) is 27.9. The van der Waals surface area contributed by atoms with Gasteiger partial charge < -0.3 is 43.8 Å². The van der Waals surface area contributed by atoms with Crippen molar-refractivity contribution in [3.8, 4) is 0 Å². The summed E-state index contributed by atoms with van der Waals surface area (Å²) in [5, 5.41) is 19.4. The van der Waals surface area contributed by atoms with E-state index in [0.29, 0.717) is 31.0 Å². The van der Waals surface area contributed by atoms with Gasteiger partial charge in [0.1, 0.15) is 5.60 Å². The summed E-state index contributed by atoms with van der Waals surface area (Å²) in [6.45, 7) is 12.0. The van der Waals surface area contributed by atoms with E-state index in [1.165, 1.54) is 0 Å². The van der Waals surface area contributed by atoms with Gasteiger partial charge in [-0.05, 0) is 34.6 Å². The minimum absolute atomic E-state index is 0. The molecule has 31 heavy (non-hydrogen) atoms. The highest BCUT2D eigenvalue weighted by Gasteiger charge is 2.27. The second kappa shape index (κ2) is 12.2. The first-order valence-corrected chi connectivity index (χ1v) is 11.0. The van der Waals surface area contributed by atoms with E-state index in [4.69, 9.17) is 16.3 Å². The number of halogens is 2. The molecule has 2 rings (SSSR count). The standard InChI is InChI=1S/C22H35ClN3O4.HI/c1-6-25-18-14-16(23)17(24(10-12-27)11-13-28)15-19(18)26(7-2)20(25)8-9-21(29)30-22(3,4)5;/h14-15,27-28H,6-13H2,1-5H3;1H/q+1;/p-1. The van der Waals surface area contributed by atoms with Crippen molar-refractivity contribution in [2.24, 2.45) is 0 Å². The fourth-order valence-corrected chi connectivity index (χ4v) is 4.09. The van der Waals surface area contributed by atoms with Crippen molar-refractivity contribution in [2.75, 3.05) is 31.2 Å². The lowest BCUT2D eigenvalue weighted by atomic mass is 10.2. The molecule has 0 radical (unpaired) electrons. The zero-order valence-electron chi connectivity index (χ0n) is 19.1. The lowest BCUT2D eigenvalue weighted by Gasteiger charge is -2.23. The highest BCUT2D eigenvalue weighted by Crippen LogP contribution is 2.31. The molecule has 0 aliphatic carbocycles. The number of fused-ring (bicyclic) bond motifs is 1. The van der Waals surface area contributed by atoms with Crippen LogP contribution in [0.3, 0.4) is 0 Å². The number of carbonyl (C=O) groups is 1. The number of benzene rings is 1. The number of aliphatic hydroxyl groups is 2. The molecule has 0 aliphatic heterocycles. The molecule has 0 saturated carbocycles. The Hall–Kier alpha value is -1.10. The van der Waals surface area contributed by atoms with Crippen molar-refractivity contribution in [3.05, 3.63) is 23.0 Å².